The van der Waals surface area contributed by atoms with E-state index in [-0.39, 0.29) is 17.4 Å². The second-order valence-electron chi connectivity index (χ2n) is 8.52. The third-order valence-corrected chi connectivity index (χ3v) is 7.21. The van der Waals surface area contributed by atoms with Crippen LogP contribution in [-0.2, 0) is 13.5 Å². The molecule has 2 aliphatic heterocycles. The Morgan fingerprint density at radius 2 is 2.15 bits per heavy atom. The minimum atomic E-state index is -0.436. The molecule has 8 nitrogen and oxygen atoms in total. The number of ether oxygens (including phenoxy) is 1. The maximum absolute atomic E-state index is 12.9. The SMILES string of the molecule is Cc1nc2c(s1)OC1(CCN(c3ncc(C#CCc4cccc(O)c4)c(=O)n3C)CC1)[C@@H]2N. The van der Waals surface area contributed by atoms with E-state index in [1.54, 1.807) is 47.3 Å². The molecule has 170 valence electrons. The third kappa shape index (κ3) is 3.86. The number of hydrogen-bond acceptors (Lipinski definition) is 8. The van der Waals surface area contributed by atoms with Crippen molar-refractivity contribution in [2.24, 2.45) is 12.8 Å². The number of benzene rings is 1. The van der Waals surface area contributed by atoms with E-state index < -0.39 is 5.60 Å². The summed E-state index contributed by atoms with van der Waals surface area (Å²) in [6.45, 7) is 3.33. The van der Waals surface area contributed by atoms with Crippen LogP contribution in [0.25, 0.3) is 0 Å². The van der Waals surface area contributed by atoms with Crippen molar-refractivity contribution >= 4 is 17.3 Å². The van der Waals surface area contributed by atoms with E-state index in [2.05, 4.69) is 26.7 Å². The molecular weight excluding hydrogens is 438 g/mol. The summed E-state index contributed by atoms with van der Waals surface area (Å²) in [6, 6.07) is 6.69. The molecule has 5 rings (SSSR count). The lowest BCUT2D eigenvalue weighted by Crippen LogP contribution is -2.52. The fraction of sp³-hybridized carbons (Fsp3) is 0.375. The predicted molar refractivity (Wildman–Crippen MR) is 127 cm³/mol. The highest BCUT2D eigenvalue weighted by Crippen LogP contribution is 2.49. The van der Waals surface area contributed by atoms with Crippen molar-refractivity contribution in [2.75, 3.05) is 18.0 Å². The van der Waals surface area contributed by atoms with Gasteiger partial charge in [0.05, 0.1) is 17.2 Å². The van der Waals surface area contributed by atoms with Crippen LogP contribution in [0.5, 0.6) is 10.8 Å². The molecule has 3 N–H and O–H groups in total. The maximum atomic E-state index is 12.9. The number of aryl methyl sites for hydroxylation is 1. The highest BCUT2D eigenvalue weighted by atomic mass is 32.1. The van der Waals surface area contributed by atoms with Gasteiger partial charge < -0.3 is 20.5 Å². The summed E-state index contributed by atoms with van der Waals surface area (Å²) in [5.41, 5.74) is 8.01. The van der Waals surface area contributed by atoms with Crippen LogP contribution in [0.4, 0.5) is 5.95 Å². The monoisotopic (exact) mass is 463 g/mol. The average molecular weight is 464 g/mol. The first kappa shape index (κ1) is 21.5. The fourth-order valence-electron chi connectivity index (χ4n) is 4.51. The van der Waals surface area contributed by atoms with E-state index in [1.807, 2.05) is 13.0 Å². The summed E-state index contributed by atoms with van der Waals surface area (Å²) in [7, 11) is 1.72. The summed E-state index contributed by atoms with van der Waals surface area (Å²) in [5.74, 6) is 6.73. The Hall–Kier alpha value is -3.35. The van der Waals surface area contributed by atoms with E-state index in [0.717, 1.165) is 34.2 Å². The Morgan fingerprint density at radius 3 is 2.88 bits per heavy atom. The summed E-state index contributed by atoms with van der Waals surface area (Å²) >= 11 is 1.55. The normalized spacial score (nSPS) is 18.5. The van der Waals surface area contributed by atoms with Crippen molar-refractivity contribution in [3.63, 3.8) is 0 Å². The summed E-state index contributed by atoms with van der Waals surface area (Å²) < 4.78 is 7.84. The van der Waals surface area contributed by atoms with Gasteiger partial charge in [0.15, 0.2) is 5.06 Å². The molecule has 4 heterocycles. The minimum absolute atomic E-state index is 0.181. The number of anilines is 1. The molecule has 1 fully saturated rings. The molecule has 3 aromatic rings. The number of thiazole rings is 1. The molecule has 0 unspecified atom stereocenters. The van der Waals surface area contributed by atoms with Gasteiger partial charge in [-0.1, -0.05) is 35.3 Å². The predicted octanol–water partition coefficient (Wildman–Crippen LogP) is 2.28. The van der Waals surface area contributed by atoms with Crippen LogP contribution in [0.2, 0.25) is 0 Å². The average Bonchev–Trinajstić information content (AvgIpc) is 3.27. The van der Waals surface area contributed by atoms with Crippen LogP contribution in [0.15, 0.2) is 35.3 Å². The second kappa shape index (κ2) is 8.21. The zero-order valence-corrected chi connectivity index (χ0v) is 19.4. The van der Waals surface area contributed by atoms with E-state index in [0.29, 0.717) is 31.0 Å². The number of nitrogens with zero attached hydrogens (tertiary/aromatic N) is 4. The molecular formula is C24H25N5O3S. The second-order valence-corrected chi connectivity index (χ2v) is 9.69. The number of fused-ring (bicyclic) bond motifs is 1. The lowest BCUT2D eigenvalue weighted by molar-refractivity contribution is 0.0450. The summed E-state index contributed by atoms with van der Waals surface area (Å²) in [5, 5.41) is 11.4. The molecule has 2 aliphatic rings. The van der Waals surface area contributed by atoms with Gasteiger partial charge in [0.25, 0.3) is 5.56 Å². The Labute approximate surface area is 195 Å². The molecule has 1 spiro atoms. The zero-order valence-electron chi connectivity index (χ0n) is 18.5. The molecule has 9 heteroatoms. The minimum Gasteiger partial charge on any atom is -0.508 e. The Bertz CT molecular complexity index is 1330. The van der Waals surface area contributed by atoms with Crippen molar-refractivity contribution in [3.05, 3.63) is 62.6 Å². The third-order valence-electron chi connectivity index (χ3n) is 6.35. The van der Waals surface area contributed by atoms with Gasteiger partial charge in [0, 0.05) is 39.4 Å². The first-order valence-corrected chi connectivity index (χ1v) is 11.7. The number of hydrogen-bond donors (Lipinski definition) is 2. The molecule has 2 aromatic heterocycles. The van der Waals surface area contributed by atoms with Crippen molar-refractivity contribution < 1.29 is 9.84 Å². The highest BCUT2D eigenvalue weighted by molar-refractivity contribution is 7.13. The van der Waals surface area contributed by atoms with E-state index in [4.69, 9.17) is 10.5 Å². The Balaban J connectivity index is 1.29. The number of aromatic nitrogens is 3. The van der Waals surface area contributed by atoms with Crippen molar-refractivity contribution in [3.8, 4) is 22.7 Å². The topological polar surface area (TPSA) is 107 Å². The van der Waals surface area contributed by atoms with Crippen molar-refractivity contribution in [2.45, 2.75) is 37.8 Å². The van der Waals surface area contributed by atoms with Gasteiger partial charge >= 0.3 is 0 Å². The smallest absolute Gasteiger partial charge is 0.270 e. The number of phenolic OH excluding ortho intramolecular Hbond substituents is 1. The molecule has 0 radical (unpaired) electrons. The first-order valence-electron chi connectivity index (χ1n) is 10.9. The summed E-state index contributed by atoms with van der Waals surface area (Å²) in [4.78, 5) is 24.1. The molecule has 33 heavy (non-hydrogen) atoms. The van der Waals surface area contributed by atoms with Crippen LogP contribution >= 0.6 is 11.3 Å². The molecule has 0 saturated carbocycles. The van der Waals surface area contributed by atoms with Gasteiger partial charge in [0.1, 0.15) is 22.6 Å². The van der Waals surface area contributed by atoms with E-state index >= 15 is 0 Å². The number of nitrogens with two attached hydrogens (primary N) is 1. The molecule has 0 amide bonds. The first-order chi connectivity index (χ1) is 15.9. The van der Waals surface area contributed by atoms with E-state index in [9.17, 15) is 9.90 Å². The lowest BCUT2D eigenvalue weighted by Gasteiger charge is -2.41. The van der Waals surface area contributed by atoms with Gasteiger partial charge in [-0.3, -0.25) is 9.36 Å². The zero-order chi connectivity index (χ0) is 23.2. The van der Waals surface area contributed by atoms with Crippen molar-refractivity contribution in [1.29, 1.82) is 0 Å². The van der Waals surface area contributed by atoms with Crippen LogP contribution in [0.1, 0.15) is 40.7 Å². The number of rotatable bonds is 2. The molecule has 0 aliphatic carbocycles. The van der Waals surface area contributed by atoms with E-state index in [1.165, 1.54) is 0 Å². The molecule has 1 saturated heterocycles. The van der Waals surface area contributed by atoms with Crippen LogP contribution in [0, 0.1) is 18.8 Å². The summed E-state index contributed by atoms with van der Waals surface area (Å²) in [6.07, 6.45) is 3.45. The standard InChI is InChI=1S/C24H25N5O3S/c1-15-27-19-20(25)24(32-22(19)33-15)9-11-29(12-10-24)23-26-14-17(21(31)28(23)2)7-3-5-16-6-4-8-18(30)13-16/h4,6,8,13-14,20,30H,5,9-12,25H2,1-2H3/t20-/m1/s1. The fourth-order valence-corrected chi connectivity index (χ4v) is 5.41. The molecule has 1 atom stereocenters. The lowest BCUT2D eigenvalue weighted by atomic mass is 9.84. The number of aromatic hydroxyl groups is 1. The molecule has 1 aromatic carbocycles. The van der Waals surface area contributed by atoms with Crippen LogP contribution in [0.3, 0.4) is 0 Å². The van der Waals surface area contributed by atoms with Crippen LogP contribution < -0.4 is 20.9 Å². The number of phenols is 1. The quantitative estimate of drug-likeness (QED) is 0.562. The van der Waals surface area contributed by atoms with Gasteiger partial charge in [-0.15, -0.1) is 0 Å². The molecule has 0 bridgehead atoms. The Kier molecular flexibility index (Phi) is 5.35. The Morgan fingerprint density at radius 1 is 1.36 bits per heavy atom. The van der Waals surface area contributed by atoms with Gasteiger partial charge in [-0.05, 0) is 24.6 Å². The maximum Gasteiger partial charge on any atom is 0.270 e. The van der Waals surface area contributed by atoms with Crippen molar-refractivity contribution in [1.82, 2.24) is 14.5 Å². The highest BCUT2D eigenvalue weighted by Gasteiger charge is 2.50. The van der Waals surface area contributed by atoms with Gasteiger partial charge in [-0.25, -0.2) is 9.97 Å². The number of piperidine rings is 1. The van der Waals surface area contributed by atoms with Gasteiger partial charge in [-0.2, -0.15) is 0 Å². The van der Waals surface area contributed by atoms with Gasteiger partial charge in [0.2, 0.25) is 5.95 Å². The largest absolute Gasteiger partial charge is 0.508 e. The van der Waals surface area contributed by atoms with Crippen LogP contribution in [-0.4, -0.2) is 38.3 Å².